The lowest BCUT2D eigenvalue weighted by molar-refractivity contribution is 0.590. The monoisotopic (exact) mass is 1180 g/mol. The summed E-state index contributed by atoms with van der Waals surface area (Å²) < 4.78 is 46.7. The van der Waals surface area contributed by atoms with Crippen LogP contribution in [0.5, 0.6) is 0 Å². The maximum absolute atomic E-state index is 9.75. The summed E-state index contributed by atoms with van der Waals surface area (Å²) in [5.41, 5.74) is 27.3. The Kier molecular flexibility index (Phi) is 12.4. The number of anilines is 9. The maximum atomic E-state index is 9.75. The number of benzene rings is 12. The van der Waals surface area contributed by atoms with Gasteiger partial charge in [0.1, 0.15) is 0 Å². The van der Waals surface area contributed by atoms with E-state index in [4.69, 9.17) is 1.37 Å². The molecule has 2 aliphatic heterocycles. The van der Waals surface area contributed by atoms with Crippen molar-refractivity contribution in [1.29, 1.82) is 0 Å². The van der Waals surface area contributed by atoms with Gasteiger partial charge in [-0.25, -0.2) is 0 Å². The van der Waals surface area contributed by atoms with E-state index in [1.165, 1.54) is 50.1 Å². The summed E-state index contributed by atoms with van der Waals surface area (Å²) in [5, 5.41) is 0. The van der Waals surface area contributed by atoms with E-state index in [9.17, 15) is 5.48 Å². The van der Waals surface area contributed by atoms with Crippen LogP contribution in [0.1, 0.15) is 111 Å². The van der Waals surface area contributed by atoms with Crippen molar-refractivity contribution in [3.05, 3.63) is 301 Å². The molecule has 444 valence electrons. The second kappa shape index (κ2) is 21.7. The predicted molar refractivity (Wildman–Crippen MR) is 391 cm³/mol. The minimum absolute atomic E-state index is 0.0749. The topological polar surface area (TPSA) is 9.72 Å². The van der Waals surface area contributed by atoms with Gasteiger partial charge >= 0.3 is 0 Å². The molecule has 1 aliphatic carbocycles. The highest BCUT2D eigenvalue weighted by atomic mass is 15.2. The van der Waals surface area contributed by atoms with E-state index in [0.29, 0.717) is 0 Å². The lowest BCUT2D eigenvalue weighted by atomic mass is 9.33. The Bertz CT molecular complexity index is 5050. The Hall–Kier alpha value is -9.90. The van der Waals surface area contributed by atoms with Gasteiger partial charge < -0.3 is 14.7 Å². The maximum Gasteiger partial charge on any atom is 0.252 e. The van der Waals surface area contributed by atoms with E-state index in [0.717, 1.165) is 95.3 Å². The van der Waals surface area contributed by atoms with Crippen molar-refractivity contribution in [3.63, 3.8) is 0 Å². The van der Waals surface area contributed by atoms with Crippen molar-refractivity contribution in [1.82, 2.24) is 0 Å². The third-order valence-corrected chi connectivity index (χ3v) is 19.4. The number of rotatable bonds is 9. The van der Waals surface area contributed by atoms with E-state index in [2.05, 4.69) is 323 Å². The molecule has 2 heterocycles. The molecule has 91 heavy (non-hydrogen) atoms. The van der Waals surface area contributed by atoms with Crippen LogP contribution in [0.4, 0.5) is 51.2 Å². The van der Waals surface area contributed by atoms with Crippen molar-refractivity contribution < 1.29 is 6.85 Å². The lowest BCUT2D eigenvalue weighted by Crippen LogP contribution is -2.61. The van der Waals surface area contributed by atoms with Gasteiger partial charge in [0, 0.05) is 56.5 Å². The standard InChI is InChI=1S/C87H78BN3/c1-84(2,3)62-39-44-66(45-40-62)89(76-51-41-63(85(4,5)6)53-72(76)59-30-20-14-21-31-59)68-46-49-74-78(56-68)91(67-42-36-60(37-43-67)69-47-48-70(58-28-18-13-19-29-58)82-81(69)71-34-24-25-35-73(71)87(82,10)11)80-55-64(86(7,8)9)54-79-83(80)88(74)75-52-61(57-26-16-12-17-27-57)38-50-77(75)90(79)65-32-22-15-23-33-65/h12-56H,1-11H3/i15D,22D,23D,32D,33D. The highest BCUT2D eigenvalue weighted by Crippen LogP contribution is 2.56. The second-order valence-electron chi connectivity index (χ2n) is 28.6. The van der Waals surface area contributed by atoms with Gasteiger partial charge in [0.2, 0.25) is 0 Å². The van der Waals surface area contributed by atoms with E-state index in [1.807, 2.05) is 11.0 Å². The molecule has 4 heteroatoms. The average molecular weight is 1180 g/mol. The molecule has 0 unspecified atom stereocenters. The first-order valence-electron chi connectivity index (χ1n) is 34.6. The van der Waals surface area contributed by atoms with E-state index in [-0.39, 0.29) is 52.8 Å². The molecule has 0 spiro atoms. The number of fused-ring (bicyclic) bond motifs is 7. The Morgan fingerprint density at radius 1 is 0.374 bits per heavy atom. The van der Waals surface area contributed by atoms with Crippen LogP contribution in [-0.2, 0) is 21.7 Å². The number of nitrogens with zero attached hydrogens (tertiary/aromatic N) is 3. The van der Waals surface area contributed by atoms with E-state index < -0.39 is 11.5 Å². The molecule has 3 aliphatic rings. The largest absolute Gasteiger partial charge is 0.311 e. The smallest absolute Gasteiger partial charge is 0.252 e. The Balaban J connectivity index is 1.03. The normalized spacial score (nSPS) is 14.5. The van der Waals surface area contributed by atoms with Crippen LogP contribution in [-0.4, -0.2) is 6.71 Å². The molecule has 0 radical (unpaired) electrons. The molecule has 0 atom stereocenters. The highest BCUT2D eigenvalue weighted by Gasteiger charge is 2.45. The number of hydrogen-bond acceptors (Lipinski definition) is 3. The summed E-state index contributed by atoms with van der Waals surface area (Å²) >= 11 is 0. The fraction of sp³-hybridized carbons (Fsp3) is 0.172. The van der Waals surface area contributed by atoms with Gasteiger partial charge in [-0.3, -0.25) is 0 Å². The SMILES string of the molecule is [2H]c1c([2H])c([2H])c(N2c3ccc(-c4ccccc4)cc3B3c4ccc(N(c5ccc(C(C)(C)C)cc5)c5ccc(C(C)(C)C)cc5-c5ccccc5)cc4N(c4ccc(-c5ccc(-c6ccccc6)c6c5-c5ccccc5C6(C)C)cc4)c4cc(C(C)(C)C)cc2c43)c([2H])c1[2H]. The predicted octanol–water partition coefficient (Wildman–Crippen LogP) is 22.1. The fourth-order valence-corrected chi connectivity index (χ4v) is 14.6. The highest BCUT2D eigenvalue weighted by molar-refractivity contribution is 7.00. The summed E-state index contributed by atoms with van der Waals surface area (Å²) in [6, 6.07) is 87.1. The zero-order valence-corrected chi connectivity index (χ0v) is 54.0. The van der Waals surface area contributed by atoms with Crippen LogP contribution in [0.2, 0.25) is 0 Å². The molecule has 0 aromatic heterocycles. The zero-order valence-electron chi connectivity index (χ0n) is 59.0. The van der Waals surface area contributed by atoms with Crippen molar-refractivity contribution in [2.24, 2.45) is 0 Å². The van der Waals surface area contributed by atoms with Crippen LogP contribution in [0.25, 0.3) is 55.6 Å². The van der Waals surface area contributed by atoms with Crippen molar-refractivity contribution in [3.8, 4) is 55.6 Å². The molecule has 0 saturated carbocycles. The molecule has 15 rings (SSSR count). The summed E-state index contributed by atoms with van der Waals surface area (Å²) in [7, 11) is 0. The van der Waals surface area contributed by atoms with Gasteiger partial charge in [0.15, 0.2) is 0 Å². The molecular weight excluding hydrogens is 1100 g/mol. The molecule has 0 saturated heterocycles. The van der Waals surface area contributed by atoms with Gasteiger partial charge in [-0.2, -0.15) is 0 Å². The van der Waals surface area contributed by atoms with Crippen LogP contribution in [0, 0.1) is 0 Å². The van der Waals surface area contributed by atoms with Gasteiger partial charge in [-0.15, -0.1) is 0 Å². The first-order chi connectivity index (χ1) is 45.9. The molecule has 12 aromatic rings. The summed E-state index contributed by atoms with van der Waals surface area (Å²) in [5.74, 6) is 0. The Labute approximate surface area is 547 Å². The number of hydrogen-bond donors (Lipinski definition) is 0. The van der Waals surface area contributed by atoms with Crippen molar-refractivity contribution >= 4 is 74.3 Å². The number of para-hydroxylation sites is 1. The van der Waals surface area contributed by atoms with E-state index >= 15 is 0 Å². The summed E-state index contributed by atoms with van der Waals surface area (Å²) in [6.45, 7) is 24.7. The van der Waals surface area contributed by atoms with Crippen molar-refractivity contribution in [2.45, 2.75) is 97.8 Å². The molecule has 0 N–H and O–H groups in total. The zero-order chi connectivity index (χ0) is 67.1. The van der Waals surface area contributed by atoms with Gasteiger partial charge in [-0.1, -0.05) is 270 Å². The van der Waals surface area contributed by atoms with Gasteiger partial charge in [-0.05, 0) is 189 Å². The minimum Gasteiger partial charge on any atom is -0.311 e. The third-order valence-electron chi connectivity index (χ3n) is 19.4. The Morgan fingerprint density at radius 3 is 1.55 bits per heavy atom. The van der Waals surface area contributed by atoms with E-state index in [1.54, 1.807) is 0 Å². The van der Waals surface area contributed by atoms with Crippen LogP contribution in [0.15, 0.2) is 273 Å². The molecule has 0 fully saturated rings. The molecule has 12 aromatic carbocycles. The first-order valence-corrected chi connectivity index (χ1v) is 32.1. The molecule has 0 bridgehead atoms. The Morgan fingerprint density at radius 2 is 0.912 bits per heavy atom. The molecule has 3 nitrogen and oxygen atoms in total. The summed E-state index contributed by atoms with van der Waals surface area (Å²) in [4.78, 5) is 6.86. The fourth-order valence-electron chi connectivity index (χ4n) is 14.6. The summed E-state index contributed by atoms with van der Waals surface area (Å²) in [6.07, 6.45) is 0. The van der Waals surface area contributed by atoms with Crippen LogP contribution >= 0.6 is 0 Å². The minimum atomic E-state index is -0.432. The van der Waals surface area contributed by atoms with Crippen LogP contribution < -0.4 is 31.1 Å². The van der Waals surface area contributed by atoms with Gasteiger partial charge in [0.25, 0.3) is 6.71 Å². The second-order valence-corrected chi connectivity index (χ2v) is 28.6. The lowest BCUT2D eigenvalue weighted by Gasteiger charge is -2.45. The molecule has 0 amide bonds. The third kappa shape index (κ3) is 9.82. The molecular formula is C87H78BN3. The van der Waals surface area contributed by atoms with Gasteiger partial charge in [0.05, 0.1) is 12.5 Å². The van der Waals surface area contributed by atoms with Crippen molar-refractivity contribution in [2.75, 3.05) is 14.7 Å². The van der Waals surface area contributed by atoms with Crippen LogP contribution in [0.3, 0.4) is 0 Å². The quantitative estimate of drug-likeness (QED) is 0.133. The first kappa shape index (κ1) is 51.9. The average Bonchev–Trinajstić information content (AvgIpc) is 0.748.